The second-order valence-corrected chi connectivity index (χ2v) is 5.94. The lowest BCUT2D eigenvalue weighted by Gasteiger charge is -2.36. The minimum atomic E-state index is -0.153. The Morgan fingerprint density at radius 3 is 2.61 bits per heavy atom. The summed E-state index contributed by atoms with van der Waals surface area (Å²) in [6.45, 7) is 1.40. The van der Waals surface area contributed by atoms with Crippen molar-refractivity contribution in [3.8, 4) is 5.75 Å². The smallest absolute Gasteiger partial charge is 0.251 e. The second kappa shape index (κ2) is 5.19. The Balaban J connectivity index is 1.74. The first-order chi connectivity index (χ1) is 11.2. The molecule has 2 aliphatic heterocycles. The van der Waals surface area contributed by atoms with E-state index in [0.29, 0.717) is 13.2 Å². The molecule has 0 N–H and O–H groups in total. The Bertz CT molecular complexity index is 747. The predicted octanol–water partition coefficient (Wildman–Crippen LogP) is 2.32. The summed E-state index contributed by atoms with van der Waals surface area (Å²) in [4.78, 5) is 18.9. The number of anilines is 3. The van der Waals surface area contributed by atoms with Crippen LogP contribution in [0.15, 0.2) is 48.5 Å². The van der Waals surface area contributed by atoms with Gasteiger partial charge >= 0.3 is 0 Å². The molecule has 1 saturated heterocycles. The van der Waals surface area contributed by atoms with Gasteiger partial charge in [-0.2, -0.15) is 0 Å². The highest BCUT2D eigenvalue weighted by Crippen LogP contribution is 2.40. The van der Waals surface area contributed by atoms with Crippen molar-refractivity contribution >= 4 is 23.0 Å². The number of hydrogen-bond donors (Lipinski definition) is 0. The summed E-state index contributed by atoms with van der Waals surface area (Å²) in [7, 11) is 3.51. The second-order valence-electron chi connectivity index (χ2n) is 5.94. The molecule has 2 aromatic rings. The van der Waals surface area contributed by atoms with Gasteiger partial charge in [-0.15, -0.1) is 0 Å². The van der Waals surface area contributed by atoms with Crippen molar-refractivity contribution in [3.05, 3.63) is 48.5 Å². The molecule has 5 heteroatoms. The molecular weight excluding hydrogens is 290 g/mol. The molecule has 118 valence electrons. The monoisotopic (exact) mass is 309 g/mol. The van der Waals surface area contributed by atoms with Gasteiger partial charge in [-0.3, -0.25) is 4.79 Å². The number of carbonyl (C=O) groups is 1. The van der Waals surface area contributed by atoms with Crippen molar-refractivity contribution in [2.24, 2.45) is 0 Å². The standard InChI is InChI=1S/C18H19N3O2/c1-19-15-9-8-14(23-2)10-16(15)21-12-20(11-17(21)18(19)22)13-6-4-3-5-7-13/h3-10,17H,11-12H2,1-2H3/t17-/m0/s1. The van der Waals surface area contributed by atoms with E-state index in [4.69, 9.17) is 4.74 Å². The molecule has 2 aromatic carbocycles. The first-order valence-corrected chi connectivity index (χ1v) is 7.71. The summed E-state index contributed by atoms with van der Waals surface area (Å²) >= 11 is 0. The van der Waals surface area contributed by atoms with E-state index in [1.54, 1.807) is 12.0 Å². The average molecular weight is 309 g/mol. The number of amides is 1. The number of rotatable bonds is 2. The lowest BCUT2D eigenvalue weighted by Crippen LogP contribution is -2.50. The number of methoxy groups -OCH3 is 1. The molecule has 1 fully saturated rings. The van der Waals surface area contributed by atoms with Crippen molar-refractivity contribution in [1.82, 2.24) is 0 Å². The number of ether oxygens (including phenoxy) is 1. The van der Waals surface area contributed by atoms with E-state index in [9.17, 15) is 4.79 Å². The van der Waals surface area contributed by atoms with E-state index in [-0.39, 0.29) is 11.9 Å². The Labute approximate surface area is 135 Å². The molecule has 0 bridgehead atoms. The number of nitrogens with zero attached hydrogens (tertiary/aromatic N) is 3. The molecule has 5 nitrogen and oxygen atoms in total. The van der Waals surface area contributed by atoms with Crippen LogP contribution in [0.2, 0.25) is 0 Å². The molecular formula is C18H19N3O2. The van der Waals surface area contributed by atoms with Gasteiger partial charge in [0.1, 0.15) is 11.8 Å². The van der Waals surface area contributed by atoms with Crippen molar-refractivity contribution in [2.75, 3.05) is 42.1 Å². The van der Waals surface area contributed by atoms with Crippen LogP contribution in [0, 0.1) is 0 Å². The van der Waals surface area contributed by atoms with Crippen LogP contribution in [0.1, 0.15) is 0 Å². The summed E-state index contributed by atoms with van der Waals surface area (Å²) < 4.78 is 5.36. The summed E-state index contributed by atoms with van der Waals surface area (Å²) in [5.41, 5.74) is 3.12. The van der Waals surface area contributed by atoms with E-state index in [0.717, 1.165) is 22.8 Å². The maximum absolute atomic E-state index is 12.7. The van der Waals surface area contributed by atoms with Crippen LogP contribution in [0.4, 0.5) is 17.1 Å². The van der Waals surface area contributed by atoms with Gasteiger partial charge in [0.25, 0.3) is 5.91 Å². The quantitative estimate of drug-likeness (QED) is 0.853. The Morgan fingerprint density at radius 2 is 1.87 bits per heavy atom. The molecule has 23 heavy (non-hydrogen) atoms. The molecule has 2 aliphatic rings. The molecule has 0 spiro atoms. The van der Waals surface area contributed by atoms with Crippen molar-refractivity contribution in [1.29, 1.82) is 0 Å². The van der Waals surface area contributed by atoms with Gasteiger partial charge in [0, 0.05) is 25.3 Å². The highest BCUT2D eigenvalue weighted by molar-refractivity contribution is 6.06. The van der Waals surface area contributed by atoms with Crippen molar-refractivity contribution < 1.29 is 9.53 Å². The van der Waals surface area contributed by atoms with E-state index in [2.05, 4.69) is 21.9 Å². The molecule has 2 heterocycles. The fourth-order valence-electron chi connectivity index (χ4n) is 3.42. The number of benzene rings is 2. The Hall–Kier alpha value is -2.69. The van der Waals surface area contributed by atoms with E-state index >= 15 is 0 Å². The summed E-state index contributed by atoms with van der Waals surface area (Å²) in [5, 5.41) is 0. The maximum atomic E-state index is 12.7. The fourth-order valence-corrected chi connectivity index (χ4v) is 3.42. The van der Waals surface area contributed by atoms with Gasteiger partial charge < -0.3 is 19.4 Å². The molecule has 1 amide bonds. The molecule has 0 unspecified atom stereocenters. The lowest BCUT2D eigenvalue weighted by molar-refractivity contribution is -0.119. The maximum Gasteiger partial charge on any atom is 0.251 e. The van der Waals surface area contributed by atoms with Gasteiger partial charge in [-0.1, -0.05) is 18.2 Å². The summed E-state index contributed by atoms with van der Waals surface area (Å²) in [6, 6.07) is 15.9. The van der Waals surface area contributed by atoms with Crippen LogP contribution < -0.4 is 19.4 Å². The minimum absolute atomic E-state index is 0.140. The lowest BCUT2D eigenvalue weighted by atomic mass is 10.1. The third-order valence-corrected chi connectivity index (χ3v) is 4.68. The molecule has 0 radical (unpaired) electrons. The van der Waals surface area contributed by atoms with Gasteiger partial charge in [0.05, 0.1) is 25.2 Å². The van der Waals surface area contributed by atoms with Crippen molar-refractivity contribution in [3.63, 3.8) is 0 Å². The van der Waals surface area contributed by atoms with E-state index in [1.807, 2.05) is 43.4 Å². The predicted molar refractivity (Wildman–Crippen MR) is 91.3 cm³/mol. The zero-order chi connectivity index (χ0) is 16.0. The molecule has 0 saturated carbocycles. The topological polar surface area (TPSA) is 36.0 Å². The molecule has 4 rings (SSSR count). The zero-order valence-corrected chi connectivity index (χ0v) is 13.3. The van der Waals surface area contributed by atoms with Gasteiger partial charge in [-0.05, 0) is 24.3 Å². The third kappa shape index (κ3) is 2.11. The van der Waals surface area contributed by atoms with Crippen LogP contribution in [0.25, 0.3) is 0 Å². The number of likely N-dealkylation sites (N-methyl/N-ethyl adjacent to an activating group) is 1. The highest BCUT2D eigenvalue weighted by atomic mass is 16.5. The first kappa shape index (κ1) is 13.9. The van der Waals surface area contributed by atoms with Crippen LogP contribution in [0.5, 0.6) is 5.75 Å². The number of para-hydroxylation sites is 1. The normalized spacial score (nSPS) is 19.7. The van der Waals surface area contributed by atoms with Crippen LogP contribution in [-0.4, -0.2) is 39.3 Å². The van der Waals surface area contributed by atoms with Crippen LogP contribution >= 0.6 is 0 Å². The molecule has 0 aliphatic carbocycles. The molecule has 0 aromatic heterocycles. The zero-order valence-electron chi connectivity index (χ0n) is 13.3. The van der Waals surface area contributed by atoms with E-state index < -0.39 is 0 Å². The molecule has 1 atom stereocenters. The average Bonchev–Trinajstić information content (AvgIpc) is 3.05. The largest absolute Gasteiger partial charge is 0.497 e. The fraction of sp³-hybridized carbons (Fsp3) is 0.278. The van der Waals surface area contributed by atoms with E-state index in [1.165, 1.54) is 0 Å². The number of fused-ring (bicyclic) bond motifs is 3. The Morgan fingerprint density at radius 1 is 1.09 bits per heavy atom. The van der Waals surface area contributed by atoms with Crippen LogP contribution in [-0.2, 0) is 4.79 Å². The highest BCUT2D eigenvalue weighted by Gasteiger charge is 2.42. The summed E-state index contributed by atoms with van der Waals surface area (Å²) in [5.74, 6) is 0.949. The van der Waals surface area contributed by atoms with Gasteiger partial charge in [0.2, 0.25) is 0 Å². The van der Waals surface area contributed by atoms with Gasteiger partial charge in [-0.25, -0.2) is 0 Å². The SMILES string of the molecule is COc1ccc2c(c1)N1CN(c3ccccc3)C[C@H]1C(=O)N2C. The minimum Gasteiger partial charge on any atom is -0.497 e. The summed E-state index contributed by atoms with van der Waals surface area (Å²) in [6.07, 6.45) is 0. The number of hydrogen-bond acceptors (Lipinski definition) is 4. The van der Waals surface area contributed by atoms with Gasteiger partial charge in [0.15, 0.2) is 0 Å². The van der Waals surface area contributed by atoms with Crippen LogP contribution in [0.3, 0.4) is 0 Å². The third-order valence-electron chi connectivity index (χ3n) is 4.68. The Kier molecular flexibility index (Phi) is 3.15. The number of carbonyl (C=O) groups excluding carboxylic acids is 1. The van der Waals surface area contributed by atoms with Crippen molar-refractivity contribution in [2.45, 2.75) is 6.04 Å². The first-order valence-electron chi connectivity index (χ1n) is 7.71.